The Balaban J connectivity index is 2.13. The summed E-state index contributed by atoms with van der Waals surface area (Å²) in [6.07, 6.45) is 3.30. The van der Waals surface area contributed by atoms with E-state index in [2.05, 4.69) is 18.3 Å². The van der Waals surface area contributed by atoms with Crippen LogP contribution >= 0.6 is 0 Å². The van der Waals surface area contributed by atoms with E-state index in [0.717, 1.165) is 24.1 Å². The van der Waals surface area contributed by atoms with E-state index < -0.39 is 11.4 Å². The highest BCUT2D eigenvalue weighted by Gasteiger charge is 2.41. The molecule has 0 aromatic heterocycles. The maximum absolute atomic E-state index is 11.7. The molecule has 0 bridgehead atoms. The molecular weight excluding hydrogens is 264 g/mol. The number of carboxylic acid groups (broad SMARTS) is 1. The van der Waals surface area contributed by atoms with Crippen molar-refractivity contribution in [3.8, 4) is 6.07 Å². The summed E-state index contributed by atoms with van der Waals surface area (Å²) < 4.78 is 0. The van der Waals surface area contributed by atoms with Crippen molar-refractivity contribution >= 4 is 11.7 Å². The zero-order valence-corrected chi connectivity index (χ0v) is 12.6. The summed E-state index contributed by atoms with van der Waals surface area (Å²) in [5.41, 5.74) is 1.61. The lowest BCUT2D eigenvalue weighted by atomic mass is 9.70. The van der Waals surface area contributed by atoms with Crippen molar-refractivity contribution < 1.29 is 9.90 Å². The maximum Gasteiger partial charge on any atom is 0.311 e. The van der Waals surface area contributed by atoms with E-state index in [-0.39, 0.29) is 0 Å². The van der Waals surface area contributed by atoms with E-state index in [4.69, 9.17) is 0 Å². The topological polar surface area (TPSA) is 73.1 Å². The van der Waals surface area contributed by atoms with Gasteiger partial charge in [0.05, 0.1) is 16.7 Å². The molecule has 2 rings (SSSR count). The fraction of sp³-hybridized carbons (Fsp3) is 0.529. The Morgan fingerprint density at radius 3 is 2.71 bits per heavy atom. The summed E-state index contributed by atoms with van der Waals surface area (Å²) in [4.78, 5) is 11.7. The predicted octanol–water partition coefficient (Wildman–Crippen LogP) is 3.56. The molecule has 1 saturated carbocycles. The molecule has 1 aliphatic rings. The van der Waals surface area contributed by atoms with Crippen LogP contribution in [-0.4, -0.2) is 17.6 Å². The van der Waals surface area contributed by atoms with E-state index in [1.54, 1.807) is 0 Å². The van der Waals surface area contributed by atoms with Gasteiger partial charge < -0.3 is 10.4 Å². The van der Waals surface area contributed by atoms with Crippen LogP contribution in [0.4, 0.5) is 5.69 Å². The molecule has 1 aromatic carbocycles. The fourth-order valence-electron chi connectivity index (χ4n) is 2.95. The summed E-state index contributed by atoms with van der Waals surface area (Å²) in [5, 5.41) is 22.0. The van der Waals surface area contributed by atoms with Gasteiger partial charge in [0.2, 0.25) is 0 Å². The fourth-order valence-corrected chi connectivity index (χ4v) is 2.95. The third kappa shape index (κ3) is 3.36. The standard InChI is InChI=1S/C17H22N2O2/c1-12-5-7-17(8-6-12,16(20)21)11-19-15-4-3-13(2)9-14(15)10-18/h3-4,9,12,19H,5-8,11H2,1-2H3,(H,20,21). The lowest BCUT2D eigenvalue weighted by Gasteiger charge is -2.36. The zero-order valence-electron chi connectivity index (χ0n) is 12.6. The van der Waals surface area contributed by atoms with Crippen molar-refractivity contribution in [1.29, 1.82) is 5.26 Å². The summed E-state index contributed by atoms with van der Waals surface area (Å²) in [7, 11) is 0. The van der Waals surface area contributed by atoms with Crippen LogP contribution in [0.1, 0.15) is 43.7 Å². The molecule has 0 unspecified atom stereocenters. The van der Waals surface area contributed by atoms with Gasteiger partial charge in [-0.1, -0.05) is 13.0 Å². The summed E-state index contributed by atoms with van der Waals surface area (Å²) in [6.45, 7) is 4.49. The second-order valence-corrected chi connectivity index (χ2v) is 6.28. The van der Waals surface area contributed by atoms with E-state index in [1.165, 1.54) is 0 Å². The number of nitrogens with zero attached hydrogens (tertiary/aromatic N) is 1. The monoisotopic (exact) mass is 286 g/mol. The molecule has 0 amide bonds. The second-order valence-electron chi connectivity index (χ2n) is 6.28. The minimum atomic E-state index is -0.729. The van der Waals surface area contributed by atoms with Crippen LogP contribution in [0.2, 0.25) is 0 Å². The third-order valence-corrected chi connectivity index (χ3v) is 4.60. The van der Waals surface area contributed by atoms with E-state index >= 15 is 0 Å². The molecule has 1 aliphatic carbocycles. The number of hydrogen-bond donors (Lipinski definition) is 2. The number of carbonyl (C=O) groups is 1. The first kappa shape index (κ1) is 15.4. The van der Waals surface area contributed by atoms with Gasteiger partial charge in [-0.15, -0.1) is 0 Å². The first-order chi connectivity index (χ1) is 9.97. The van der Waals surface area contributed by atoms with Crippen LogP contribution in [0.5, 0.6) is 0 Å². The SMILES string of the molecule is Cc1ccc(NCC2(C(=O)O)CCC(C)CC2)c(C#N)c1. The van der Waals surface area contributed by atoms with Crippen LogP contribution in [0, 0.1) is 29.6 Å². The Hall–Kier alpha value is -2.02. The highest BCUT2D eigenvalue weighted by Crippen LogP contribution is 2.39. The molecule has 21 heavy (non-hydrogen) atoms. The Labute approximate surface area is 125 Å². The smallest absolute Gasteiger partial charge is 0.311 e. The second kappa shape index (κ2) is 6.17. The molecule has 112 valence electrons. The minimum Gasteiger partial charge on any atom is -0.481 e. The number of hydrogen-bond acceptors (Lipinski definition) is 3. The van der Waals surface area contributed by atoms with E-state index in [0.29, 0.717) is 30.9 Å². The number of anilines is 1. The van der Waals surface area contributed by atoms with Gasteiger partial charge in [-0.25, -0.2) is 0 Å². The van der Waals surface area contributed by atoms with Gasteiger partial charge in [-0.2, -0.15) is 5.26 Å². The van der Waals surface area contributed by atoms with Crippen LogP contribution in [0.15, 0.2) is 18.2 Å². The summed E-state index contributed by atoms with van der Waals surface area (Å²) >= 11 is 0. The normalized spacial score (nSPS) is 25.1. The minimum absolute atomic E-state index is 0.382. The van der Waals surface area contributed by atoms with Gasteiger partial charge in [0.1, 0.15) is 6.07 Å². The number of aryl methyl sites for hydroxylation is 1. The predicted molar refractivity (Wildman–Crippen MR) is 82.1 cm³/mol. The molecular formula is C17H22N2O2. The molecule has 0 spiro atoms. The summed E-state index contributed by atoms with van der Waals surface area (Å²) in [6, 6.07) is 7.77. The number of rotatable bonds is 4. The molecule has 0 aliphatic heterocycles. The van der Waals surface area contributed by atoms with E-state index in [1.807, 2.05) is 25.1 Å². The number of benzene rings is 1. The molecule has 1 fully saturated rings. The van der Waals surface area contributed by atoms with Crippen molar-refractivity contribution in [1.82, 2.24) is 0 Å². The molecule has 1 aromatic rings. The Morgan fingerprint density at radius 2 is 2.14 bits per heavy atom. The number of aliphatic carboxylic acids is 1. The zero-order chi connectivity index (χ0) is 15.5. The third-order valence-electron chi connectivity index (χ3n) is 4.60. The number of carboxylic acids is 1. The van der Waals surface area contributed by atoms with Crippen LogP contribution in [0.25, 0.3) is 0 Å². The van der Waals surface area contributed by atoms with Crippen LogP contribution < -0.4 is 5.32 Å². The lowest BCUT2D eigenvalue weighted by Crippen LogP contribution is -2.41. The Kier molecular flexibility index (Phi) is 4.52. The van der Waals surface area contributed by atoms with Gasteiger partial charge in [0.15, 0.2) is 0 Å². The first-order valence-corrected chi connectivity index (χ1v) is 7.45. The lowest BCUT2D eigenvalue weighted by molar-refractivity contribution is -0.150. The van der Waals surface area contributed by atoms with Crippen molar-refractivity contribution in [2.75, 3.05) is 11.9 Å². The van der Waals surface area contributed by atoms with Gasteiger partial charge in [-0.3, -0.25) is 4.79 Å². The highest BCUT2D eigenvalue weighted by atomic mass is 16.4. The van der Waals surface area contributed by atoms with Crippen molar-refractivity contribution in [2.24, 2.45) is 11.3 Å². The molecule has 2 N–H and O–H groups in total. The van der Waals surface area contributed by atoms with Crippen molar-refractivity contribution in [3.05, 3.63) is 29.3 Å². The largest absolute Gasteiger partial charge is 0.481 e. The van der Waals surface area contributed by atoms with Crippen molar-refractivity contribution in [3.63, 3.8) is 0 Å². The van der Waals surface area contributed by atoms with Gasteiger partial charge in [0.25, 0.3) is 0 Å². The molecule has 0 radical (unpaired) electrons. The van der Waals surface area contributed by atoms with Gasteiger partial charge >= 0.3 is 5.97 Å². The average Bonchev–Trinajstić information content (AvgIpc) is 2.47. The molecule has 0 saturated heterocycles. The van der Waals surface area contributed by atoms with Crippen molar-refractivity contribution in [2.45, 2.75) is 39.5 Å². The molecule has 4 heteroatoms. The summed E-state index contributed by atoms with van der Waals surface area (Å²) in [5.74, 6) is -0.126. The number of nitrogens with one attached hydrogen (secondary N) is 1. The first-order valence-electron chi connectivity index (χ1n) is 7.45. The van der Waals surface area contributed by atoms with Gasteiger partial charge in [-0.05, 0) is 56.2 Å². The van der Waals surface area contributed by atoms with Crippen LogP contribution in [-0.2, 0) is 4.79 Å². The molecule has 0 heterocycles. The maximum atomic E-state index is 11.7. The molecule has 4 nitrogen and oxygen atoms in total. The van der Waals surface area contributed by atoms with Crippen LogP contribution in [0.3, 0.4) is 0 Å². The highest BCUT2D eigenvalue weighted by molar-refractivity contribution is 5.76. The quantitative estimate of drug-likeness (QED) is 0.887. The number of nitriles is 1. The average molecular weight is 286 g/mol. The Morgan fingerprint density at radius 1 is 1.48 bits per heavy atom. The molecule has 0 atom stereocenters. The van der Waals surface area contributed by atoms with E-state index in [9.17, 15) is 15.2 Å². The van der Waals surface area contributed by atoms with Gasteiger partial charge in [0, 0.05) is 6.54 Å². The Bertz CT molecular complexity index is 567.